The molecule has 5 heteroatoms. The van der Waals surface area contributed by atoms with Crippen molar-refractivity contribution in [3.63, 3.8) is 0 Å². The SMILES string of the molecule is COC(c1nc(Cl)c(Br)c(CC(C)C)n1)C1CCCCC1. The first-order chi connectivity index (χ1) is 10.0. The minimum Gasteiger partial charge on any atom is -0.373 e. The summed E-state index contributed by atoms with van der Waals surface area (Å²) in [5, 5.41) is 0.494. The molecule has 0 aliphatic heterocycles. The molecule has 0 saturated heterocycles. The number of methoxy groups -OCH3 is 1. The molecule has 0 spiro atoms. The second-order valence-electron chi connectivity index (χ2n) is 6.29. The first-order valence-electron chi connectivity index (χ1n) is 7.77. The Morgan fingerprint density at radius 1 is 1.24 bits per heavy atom. The summed E-state index contributed by atoms with van der Waals surface area (Å²) in [5.74, 6) is 1.77. The molecule has 0 N–H and O–H groups in total. The molecule has 1 unspecified atom stereocenters. The van der Waals surface area contributed by atoms with Crippen molar-refractivity contribution in [1.29, 1.82) is 0 Å². The van der Waals surface area contributed by atoms with Gasteiger partial charge in [-0.15, -0.1) is 0 Å². The van der Waals surface area contributed by atoms with Crippen molar-refractivity contribution >= 4 is 27.5 Å². The van der Waals surface area contributed by atoms with Gasteiger partial charge in [-0.1, -0.05) is 44.7 Å². The number of ether oxygens (including phenoxy) is 1. The molecule has 3 nitrogen and oxygen atoms in total. The van der Waals surface area contributed by atoms with Crippen molar-refractivity contribution in [2.45, 2.75) is 58.5 Å². The topological polar surface area (TPSA) is 35.0 Å². The standard InChI is InChI=1S/C16H24BrClN2O/c1-10(2)9-12-13(17)15(18)20-16(19-12)14(21-3)11-7-5-4-6-8-11/h10-11,14H,4-9H2,1-3H3. The van der Waals surface area contributed by atoms with Gasteiger partial charge in [0.2, 0.25) is 0 Å². The summed E-state index contributed by atoms with van der Waals surface area (Å²) in [5.41, 5.74) is 0.984. The minimum absolute atomic E-state index is 0.0400. The highest BCUT2D eigenvalue weighted by atomic mass is 79.9. The molecule has 1 aliphatic rings. The lowest BCUT2D eigenvalue weighted by Gasteiger charge is -2.28. The third-order valence-corrected chi connectivity index (χ3v) is 5.42. The van der Waals surface area contributed by atoms with Crippen molar-refractivity contribution in [3.05, 3.63) is 21.1 Å². The Kier molecular flexibility index (Phi) is 6.45. The van der Waals surface area contributed by atoms with E-state index in [0.29, 0.717) is 17.0 Å². The van der Waals surface area contributed by atoms with E-state index >= 15 is 0 Å². The number of rotatable bonds is 5. The van der Waals surface area contributed by atoms with Crippen LogP contribution in [0, 0.1) is 11.8 Å². The van der Waals surface area contributed by atoms with E-state index < -0.39 is 0 Å². The largest absolute Gasteiger partial charge is 0.373 e. The summed E-state index contributed by atoms with van der Waals surface area (Å²) in [6, 6.07) is 0. The van der Waals surface area contributed by atoms with Gasteiger partial charge < -0.3 is 4.74 Å². The van der Waals surface area contributed by atoms with Crippen molar-refractivity contribution in [2.24, 2.45) is 11.8 Å². The van der Waals surface area contributed by atoms with Gasteiger partial charge in [0.1, 0.15) is 11.3 Å². The van der Waals surface area contributed by atoms with Crippen LogP contribution in [-0.4, -0.2) is 17.1 Å². The molecular formula is C16H24BrClN2O. The van der Waals surface area contributed by atoms with Crippen LogP contribution in [-0.2, 0) is 11.2 Å². The molecule has 21 heavy (non-hydrogen) atoms. The van der Waals surface area contributed by atoms with Crippen LogP contribution in [0.2, 0.25) is 5.15 Å². The van der Waals surface area contributed by atoms with Gasteiger partial charge >= 0.3 is 0 Å². The van der Waals surface area contributed by atoms with Crippen molar-refractivity contribution in [1.82, 2.24) is 9.97 Å². The molecule has 1 saturated carbocycles. The summed E-state index contributed by atoms with van der Waals surface area (Å²) in [6.45, 7) is 4.36. The first kappa shape index (κ1) is 17.2. The molecule has 1 fully saturated rings. The third-order valence-electron chi connectivity index (χ3n) is 4.08. The van der Waals surface area contributed by atoms with Gasteiger partial charge in [0.15, 0.2) is 5.82 Å². The van der Waals surface area contributed by atoms with E-state index in [4.69, 9.17) is 21.3 Å². The van der Waals surface area contributed by atoms with Gasteiger partial charge in [-0.25, -0.2) is 9.97 Å². The Morgan fingerprint density at radius 3 is 2.48 bits per heavy atom. The predicted octanol–water partition coefficient (Wildman–Crippen LogP) is 5.36. The first-order valence-corrected chi connectivity index (χ1v) is 8.94. The Morgan fingerprint density at radius 2 is 1.90 bits per heavy atom. The van der Waals surface area contributed by atoms with Crippen LogP contribution in [0.25, 0.3) is 0 Å². The second kappa shape index (κ2) is 7.89. The van der Waals surface area contributed by atoms with E-state index in [-0.39, 0.29) is 6.10 Å². The monoisotopic (exact) mass is 374 g/mol. The number of nitrogens with zero attached hydrogens (tertiary/aromatic N) is 2. The highest BCUT2D eigenvalue weighted by Gasteiger charge is 2.28. The van der Waals surface area contributed by atoms with Gasteiger partial charge in [-0.2, -0.15) is 0 Å². The quantitative estimate of drug-likeness (QED) is 0.650. The van der Waals surface area contributed by atoms with E-state index in [9.17, 15) is 0 Å². The zero-order valence-electron chi connectivity index (χ0n) is 13.0. The molecule has 1 aromatic rings. The van der Waals surface area contributed by atoms with Gasteiger partial charge in [0.25, 0.3) is 0 Å². The molecular weight excluding hydrogens is 352 g/mol. The van der Waals surface area contributed by atoms with E-state index in [1.54, 1.807) is 7.11 Å². The molecule has 1 aromatic heterocycles. The maximum atomic E-state index is 6.29. The Balaban J connectivity index is 2.29. The molecule has 0 radical (unpaired) electrons. The average molecular weight is 376 g/mol. The highest BCUT2D eigenvalue weighted by molar-refractivity contribution is 9.10. The lowest BCUT2D eigenvalue weighted by molar-refractivity contribution is 0.0287. The fraction of sp³-hybridized carbons (Fsp3) is 0.750. The summed E-state index contributed by atoms with van der Waals surface area (Å²) in [4.78, 5) is 9.22. The zero-order valence-corrected chi connectivity index (χ0v) is 15.4. The van der Waals surface area contributed by atoms with Gasteiger partial charge in [0.05, 0.1) is 10.2 Å². The number of hydrogen-bond acceptors (Lipinski definition) is 3. The lowest BCUT2D eigenvalue weighted by Crippen LogP contribution is -2.21. The van der Waals surface area contributed by atoms with Crippen molar-refractivity contribution in [2.75, 3.05) is 7.11 Å². The molecule has 0 aromatic carbocycles. The Bertz CT molecular complexity index is 476. The summed E-state index contributed by atoms with van der Waals surface area (Å²) in [6.07, 6.45) is 7.09. The number of hydrogen-bond donors (Lipinski definition) is 0. The van der Waals surface area contributed by atoms with Crippen LogP contribution in [0.4, 0.5) is 0 Å². The van der Waals surface area contributed by atoms with Crippen LogP contribution >= 0.6 is 27.5 Å². The maximum Gasteiger partial charge on any atom is 0.159 e. The fourth-order valence-electron chi connectivity index (χ4n) is 3.08. The number of aromatic nitrogens is 2. The molecule has 0 amide bonds. The number of halogens is 2. The molecule has 1 aliphatic carbocycles. The van der Waals surface area contributed by atoms with E-state index in [1.807, 2.05) is 0 Å². The van der Waals surface area contributed by atoms with Gasteiger partial charge in [-0.05, 0) is 47.0 Å². The smallest absolute Gasteiger partial charge is 0.159 e. The Hall–Kier alpha value is -0.190. The van der Waals surface area contributed by atoms with Gasteiger partial charge in [0, 0.05) is 7.11 Å². The second-order valence-corrected chi connectivity index (χ2v) is 7.44. The minimum atomic E-state index is -0.0400. The normalized spacial score (nSPS) is 18.2. The summed E-state index contributed by atoms with van der Waals surface area (Å²) in [7, 11) is 1.75. The van der Waals surface area contributed by atoms with Crippen LogP contribution in [0.15, 0.2) is 4.47 Å². The zero-order chi connectivity index (χ0) is 15.4. The van der Waals surface area contributed by atoms with Crippen LogP contribution in [0.5, 0.6) is 0 Å². The van der Waals surface area contributed by atoms with E-state index in [2.05, 4.69) is 34.8 Å². The van der Waals surface area contributed by atoms with Crippen LogP contribution < -0.4 is 0 Å². The predicted molar refractivity (Wildman–Crippen MR) is 89.6 cm³/mol. The van der Waals surface area contributed by atoms with Gasteiger partial charge in [-0.3, -0.25) is 0 Å². The molecule has 1 atom stereocenters. The molecule has 1 heterocycles. The lowest BCUT2D eigenvalue weighted by atomic mass is 9.85. The van der Waals surface area contributed by atoms with E-state index in [0.717, 1.165) is 22.4 Å². The average Bonchev–Trinajstić information content (AvgIpc) is 2.45. The van der Waals surface area contributed by atoms with E-state index in [1.165, 1.54) is 32.1 Å². The highest BCUT2D eigenvalue weighted by Crippen LogP contribution is 2.36. The van der Waals surface area contributed by atoms with Crippen molar-refractivity contribution < 1.29 is 4.74 Å². The molecule has 0 bridgehead atoms. The third kappa shape index (κ3) is 4.40. The van der Waals surface area contributed by atoms with Crippen LogP contribution in [0.1, 0.15) is 63.6 Å². The van der Waals surface area contributed by atoms with Crippen molar-refractivity contribution in [3.8, 4) is 0 Å². The Labute approximate surface area is 141 Å². The fourth-order valence-corrected chi connectivity index (χ4v) is 3.61. The maximum absolute atomic E-state index is 6.29. The summed E-state index contributed by atoms with van der Waals surface area (Å²) >= 11 is 9.80. The molecule has 118 valence electrons. The molecule has 2 rings (SSSR count). The van der Waals surface area contributed by atoms with Crippen LogP contribution in [0.3, 0.4) is 0 Å². The summed E-state index contributed by atoms with van der Waals surface area (Å²) < 4.78 is 6.55.